The fourth-order valence-corrected chi connectivity index (χ4v) is 2.60. The van der Waals surface area contributed by atoms with Crippen molar-refractivity contribution in [3.05, 3.63) is 24.0 Å². The van der Waals surface area contributed by atoms with E-state index in [2.05, 4.69) is 45.2 Å². The highest BCUT2D eigenvalue weighted by Gasteiger charge is 2.13. The number of pyridine rings is 1. The summed E-state index contributed by atoms with van der Waals surface area (Å²) in [4.78, 5) is 9.12. The molecule has 1 N–H and O–H groups in total. The molecule has 2 aromatic rings. The predicted molar refractivity (Wildman–Crippen MR) is 80.2 cm³/mol. The van der Waals surface area contributed by atoms with Gasteiger partial charge < -0.3 is 10.2 Å². The highest BCUT2D eigenvalue weighted by Crippen LogP contribution is 2.12. The average Bonchev–Trinajstić information content (AvgIpc) is 2.89. The maximum absolute atomic E-state index is 4.26. The number of hydrogen-bond acceptors (Lipinski definition) is 5. The zero-order chi connectivity index (χ0) is 13.9. The molecule has 1 fully saturated rings. The Labute approximate surface area is 119 Å². The Morgan fingerprint density at radius 2 is 2.00 bits per heavy atom. The fourth-order valence-electron chi connectivity index (χ4n) is 2.60. The number of nitrogens with one attached hydrogen (secondary N) is 1. The zero-order valence-corrected chi connectivity index (χ0v) is 12.2. The molecule has 0 unspecified atom stereocenters. The third kappa shape index (κ3) is 2.91. The van der Waals surface area contributed by atoms with Crippen molar-refractivity contribution in [2.45, 2.75) is 6.92 Å². The molecule has 3 rings (SSSR count). The standard InChI is InChI=1S/C14H22N6/c1-12-9-13(20-14(10-12)16-11-17-20)15-3-4-19-7-5-18(2)6-8-19/h9-11,15H,3-8H2,1-2H3. The Morgan fingerprint density at radius 3 is 2.80 bits per heavy atom. The van der Waals surface area contributed by atoms with E-state index < -0.39 is 0 Å². The molecule has 6 heteroatoms. The zero-order valence-electron chi connectivity index (χ0n) is 12.2. The Bertz CT molecular complexity index is 570. The Hall–Kier alpha value is -1.66. The molecule has 0 amide bonds. The third-order valence-electron chi connectivity index (χ3n) is 3.85. The number of fused-ring (bicyclic) bond motifs is 1. The van der Waals surface area contributed by atoms with Gasteiger partial charge in [0.25, 0.3) is 0 Å². The van der Waals surface area contributed by atoms with Crippen LogP contribution in [0.4, 0.5) is 5.82 Å². The van der Waals surface area contributed by atoms with E-state index in [9.17, 15) is 0 Å². The summed E-state index contributed by atoms with van der Waals surface area (Å²) < 4.78 is 1.86. The first-order chi connectivity index (χ1) is 9.72. The summed E-state index contributed by atoms with van der Waals surface area (Å²) >= 11 is 0. The van der Waals surface area contributed by atoms with Crippen LogP contribution < -0.4 is 5.32 Å². The number of hydrogen-bond donors (Lipinski definition) is 1. The highest BCUT2D eigenvalue weighted by molar-refractivity contribution is 5.51. The van der Waals surface area contributed by atoms with Gasteiger partial charge in [0.2, 0.25) is 0 Å². The maximum atomic E-state index is 4.26. The first-order valence-electron chi connectivity index (χ1n) is 7.17. The molecule has 20 heavy (non-hydrogen) atoms. The lowest BCUT2D eigenvalue weighted by atomic mass is 10.3. The molecule has 2 aromatic heterocycles. The van der Waals surface area contributed by atoms with Crippen LogP contribution in [0, 0.1) is 6.92 Å². The van der Waals surface area contributed by atoms with E-state index in [0.717, 1.165) is 50.7 Å². The number of likely N-dealkylation sites (N-methyl/N-ethyl adjacent to an activating group) is 1. The van der Waals surface area contributed by atoms with Crippen LogP contribution >= 0.6 is 0 Å². The topological polar surface area (TPSA) is 48.7 Å². The first-order valence-corrected chi connectivity index (χ1v) is 7.17. The second-order valence-electron chi connectivity index (χ2n) is 5.52. The monoisotopic (exact) mass is 274 g/mol. The smallest absolute Gasteiger partial charge is 0.157 e. The van der Waals surface area contributed by atoms with Crippen molar-refractivity contribution in [3.8, 4) is 0 Å². The van der Waals surface area contributed by atoms with Gasteiger partial charge in [0.1, 0.15) is 12.1 Å². The fraction of sp³-hybridized carbons (Fsp3) is 0.571. The summed E-state index contributed by atoms with van der Waals surface area (Å²) in [5.74, 6) is 1.02. The second kappa shape index (κ2) is 5.76. The van der Waals surface area contributed by atoms with Gasteiger partial charge in [0, 0.05) is 39.3 Å². The molecule has 108 valence electrons. The molecule has 0 bridgehead atoms. The van der Waals surface area contributed by atoms with Gasteiger partial charge >= 0.3 is 0 Å². The van der Waals surface area contributed by atoms with Crippen molar-refractivity contribution in [2.75, 3.05) is 51.6 Å². The van der Waals surface area contributed by atoms with Crippen molar-refractivity contribution in [1.29, 1.82) is 0 Å². The van der Waals surface area contributed by atoms with Crippen molar-refractivity contribution in [2.24, 2.45) is 0 Å². The molecule has 1 aliphatic rings. The summed E-state index contributed by atoms with van der Waals surface area (Å²) in [7, 11) is 2.18. The van der Waals surface area contributed by atoms with Crippen LogP contribution in [0.3, 0.4) is 0 Å². The number of rotatable bonds is 4. The van der Waals surface area contributed by atoms with Gasteiger partial charge in [-0.15, -0.1) is 0 Å². The van der Waals surface area contributed by atoms with E-state index in [1.54, 1.807) is 6.33 Å². The van der Waals surface area contributed by atoms with Crippen LogP contribution in [0.5, 0.6) is 0 Å². The van der Waals surface area contributed by atoms with Crippen molar-refractivity contribution in [3.63, 3.8) is 0 Å². The van der Waals surface area contributed by atoms with Crippen LogP contribution in [0.25, 0.3) is 5.65 Å². The largest absolute Gasteiger partial charge is 0.369 e. The third-order valence-corrected chi connectivity index (χ3v) is 3.85. The normalized spacial score (nSPS) is 17.7. The second-order valence-corrected chi connectivity index (χ2v) is 5.52. The van der Waals surface area contributed by atoms with Crippen molar-refractivity contribution >= 4 is 11.5 Å². The van der Waals surface area contributed by atoms with Gasteiger partial charge in [-0.05, 0) is 31.7 Å². The highest BCUT2D eigenvalue weighted by atomic mass is 15.3. The number of aryl methyl sites for hydroxylation is 1. The lowest BCUT2D eigenvalue weighted by molar-refractivity contribution is 0.158. The summed E-state index contributed by atoms with van der Waals surface area (Å²) in [5.41, 5.74) is 2.10. The van der Waals surface area contributed by atoms with Gasteiger partial charge in [-0.3, -0.25) is 4.90 Å². The molecule has 0 saturated carbocycles. The molecule has 0 radical (unpaired) electrons. The minimum Gasteiger partial charge on any atom is -0.369 e. The van der Waals surface area contributed by atoms with E-state index in [0.29, 0.717) is 0 Å². The SMILES string of the molecule is Cc1cc(NCCN2CCN(C)CC2)n2ncnc2c1. The molecule has 0 aromatic carbocycles. The average molecular weight is 274 g/mol. The van der Waals surface area contributed by atoms with E-state index in [1.165, 1.54) is 5.56 Å². The molecule has 0 atom stereocenters. The Kier molecular flexibility index (Phi) is 3.84. The predicted octanol–water partition coefficient (Wildman–Crippen LogP) is 0.697. The molecule has 1 saturated heterocycles. The minimum atomic E-state index is 0.895. The van der Waals surface area contributed by atoms with Crippen LogP contribution in [-0.2, 0) is 0 Å². The molecular weight excluding hydrogens is 252 g/mol. The van der Waals surface area contributed by atoms with Gasteiger partial charge in [-0.1, -0.05) is 0 Å². The van der Waals surface area contributed by atoms with E-state index in [1.807, 2.05) is 10.6 Å². The van der Waals surface area contributed by atoms with Gasteiger partial charge in [-0.25, -0.2) is 4.98 Å². The molecule has 1 aliphatic heterocycles. The minimum absolute atomic E-state index is 0.895. The lowest BCUT2D eigenvalue weighted by Gasteiger charge is -2.32. The van der Waals surface area contributed by atoms with E-state index >= 15 is 0 Å². The quantitative estimate of drug-likeness (QED) is 0.889. The van der Waals surface area contributed by atoms with Gasteiger partial charge in [-0.2, -0.15) is 9.61 Å². The number of nitrogens with zero attached hydrogens (tertiary/aromatic N) is 5. The molecule has 0 aliphatic carbocycles. The number of piperazine rings is 1. The summed E-state index contributed by atoms with van der Waals surface area (Å²) in [6.45, 7) is 8.73. The molecule has 0 spiro atoms. The van der Waals surface area contributed by atoms with Crippen LogP contribution in [0.1, 0.15) is 5.56 Å². The number of aromatic nitrogens is 3. The van der Waals surface area contributed by atoms with E-state index in [-0.39, 0.29) is 0 Å². The maximum Gasteiger partial charge on any atom is 0.157 e. The van der Waals surface area contributed by atoms with Gasteiger partial charge in [0.15, 0.2) is 5.65 Å². The Morgan fingerprint density at radius 1 is 1.20 bits per heavy atom. The Balaban J connectivity index is 1.58. The van der Waals surface area contributed by atoms with Gasteiger partial charge in [0.05, 0.1) is 0 Å². The summed E-state index contributed by atoms with van der Waals surface area (Å²) in [6, 6.07) is 4.16. The van der Waals surface area contributed by atoms with Crippen LogP contribution in [-0.4, -0.2) is 70.7 Å². The molecule has 6 nitrogen and oxygen atoms in total. The first kappa shape index (κ1) is 13.3. The lowest BCUT2D eigenvalue weighted by Crippen LogP contribution is -2.45. The number of anilines is 1. The summed E-state index contributed by atoms with van der Waals surface area (Å²) in [6.07, 6.45) is 1.60. The van der Waals surface area contributed by atoms with Crippen LogP contribution in [0.15, 0.2) is 18.5 Å². The van der Waals surface area contributed by atoms with Crippen molar-refractivity contribution < 1.29 is 0 Å². The van der Waals surface area contributed by atoms with Crippen LogP contribution in [0.2, 0.25) is 0 Å². The molecule has 3 heterocycles. The van der Waals surface area contributed by atoms with E-state index in [4.69, 9.17) is 0 Å². The van der Waals surface area contributed by atoms with Crippen molar-refractivity contribution in [1.82, 2.24) is 24.4 Å². The summed E-state index contributed by atoms with van der Waals surface area (Å²) in [5, 5.41) is 7.74. The molecular formula is C14H22N6.